The molecule has 0 heterocycles. The van der Waals surface area contributed by atoms with Crippen molar-refractivity contribution in [2.24, 2.45) is 5.10 Å². The van der Waals surface area contributed by atoms with Gasteiger partial charge in [-0.05, 0) is 49.6 Å². The zero-order valence-corrected chi connectivity index (χ0v) is 16.0. The number of hydrazone groups is 1. The molecule has 0 aliphatic heterocycles. The number of benzene rings is 2. The number of rotatable bonds is 7. The summed E-state index contributed by atoms with van der Waals surface area (Å²) in [6.07, 6.45) is 2.74. The number of nitrogens with one attached hydrogen (secondary N) is 1. The summed E-state index contributed by atoms with van der Waals surface area (Å²) < 4.78 is 24.2. The Labute approximate surface area is 154 Å². The number of hydrogen-bond donors (Lipinski definition) is 1. The summed E-state index contributed by atoms with van der Waals surface area (Å²) in [5.74, 6) is -0.336. The second-order valence-corrected chi connectivity index (χ2v) is 8.06. The number of aryl methyl sites for hydroxylation is 1. The molecule has 0 unspecified atom stereocenters. The highest BCUT2D eigenvalue weighted by Crippen LogP contribution is 2.16. The molecule has 2 aromatic carbocycles. The number of carbonyl (C=O) groups is 1. The van der Waals surface area contributed by atoms with Gasteiger partial charge in [0.05, 0.1) is 11.9 Å². The van der Waals surface area contributed by atoms with Crippen molar-refractivity contribution in [3.63, 3.8) is 0 Å². The van der Waals surface area contributed by atoms with Crippen molar-refractivity contribution < 1.29 is 13.2 Å². The Kier molecular flexibility index (Phi) is 6.52. The van der Waals surface area contributed by atoms with E-state index >= 15 is 0 Å². The number of amides is 1. The first-order chi connectivity index (χ1) is 12.3. The topological polar surface area (TPSA) is 78.8 Å². The van der Waals surface area contributed by atoms with Gasteiger partial charge < -0.3 is 0 Å². The van der Waals surface area contributed by atoms with E-state index in [0.717, 1.165) is 29.1 Å². The molecule has 1 amide bonds. The number of carbonyl (C=O) groups excluding carboxylic acids is 1. The van der Waals surface area contributed by atoms with Crippen LogP contribution in [0.4, 0.5) is 5.69 Å². The van der Waals surface area contributed by atoms with Crippen LogP contribution in [0.5, 0.6) is 0 Å². The van der Waals surface area contributed by atoms with Crippen LogP contribution in [0.15, 0.2) is 59.7 Å². The van der Waals surface area contributed by atoms with E-state index in [1.165, 1.54) is 12.6 Å². The molecule has 0 aromatic heterocycles. The van der Waals surface area contributed by atoms with Crippen molar-refractivity contribution in [2.75, 3.05) is 17.6 Å². The maximum absolute atomic E-state index is 12.2. The summed E-state index contributed by atoms with van der Waals surface area (Å²) in [7, 11) is -1.87. The van der Waals surface area contributed by atoms with Crippen molar-refractivity contribution in [3.05, 3.63) is 65.7 Å². The smallest absolute Gasteiger partial charge is 0.271 e. The molecule has 2 rings (SSSR count). The highest BCUT2D eigenvalue weighted by Gasteiger charge is 2.12. The molecule has 0 saturated carbocycles. The third-order valence-electron chi connectivity index (χ3n) is 3.96. The van der Waals surface area contributed by atoms with Gasteiger partial charge in [0.15, 0.2) is 0 Å². The van der Waals surface area contributed by atoms with Crippen molar-refractivity contribution >= 4 is 27.3 Å². The lowest BCUT2D eigenvalue weighted by Gasteiger charge is -2.16. The van der Waals surface area contributed by atoms with Gasteiger partial charge in [0.2, 0.25) is 10.0 Å². The van der Waals surface area contributed by atoms with E-state index in [1.54, 1.807) is 24.3 Å². The minimum atomic E-state index is -3.33. The Hall–Kier alpha value is -2.67. The average Bonchev–Trinajstić information content (AvgIpc) is 2.64. The number of sulfonamides is 1. The first-order valence-corrected chi connectivity index (χ1v) is 10.0. The first-order valence-electron chi connectivity index (χ1n) is 8.19. The van der Waals surface area contributed by atoms with Crippen LogP contribution in [0.25, 0.3) is 0 Å². The molecule has 2 aromatic rings. The van der Waals surface area contributed by atoms with Crippen molar-refractivity contribution in [3.8, 4) is 0 Å². The van der Waals surface area contributed by atoms with Crippen LogP contribution in [0, 0.1) is 0 Å². The molecule has 7 heteroatoms. The van der Waals surface area contributed by atoms with E-state index in [1.807, 2.05) is 25.1 Å². The molecule has 138 valence electrons. The lowest BCUT2D eigenvalue weighted by molar-refractivity contribution is 0.0954. The van der Waals surface area contributed by atoms with Crippen molar-refractivity contribution in [2.45, 2.75) is 19.8 Å². The standard InChI is InChI=1S/C19H23N3O3S/c1-15(9-10-16-7-5-4-6-8-16)20-21-19(23)17-11-13-18(14-12-17)22(2)26(3,24)25/h4-8,11-14H,9-10H2,1-3H3,(H,21,23)/b20-15-. The van der Waals surface area contributed by atoms with Crippen LogP contribution in [-0.4, -0.2) is 33.3 Å². The van der Waals surface area contributed by atoms with E-state index in [4.69, 9.17) is 0 Å². The molecule has 0 atom stereocenters. The second kappa shape index (κ2) is 8.62. The lowest BCUT2D eigenvalue weighted by Crippen LogP contribution is -2.25. The van der Waals surface area contributed by atoms with Gasteiger partial charge in [-0.25, -0.2) is 13.8 Å². The van der Waals surface area contributed by atoms with Gasteiger partial charge in [0.25, 0.3) is 5.91 Å². The zero-order valence-electron chi connectivity index (χ0n) is 15.1. The molecular weight excluding hydrogens is 350 g/mol. The van der Waals surface area contributed by atoms with Gasteiger partial charge in [-0.1, -0.05) is 30.3 Å². The lowest BCUT2D eigenvalue weighted by atomic mass is 10.1. The number of nitrogens with zero attached hydrogens (tertiary/aromatic N) is 2. The van der Waals surface area contributed by atoms with Crippen LogP contribution < -0.4 is 9.73 Å². The van der Waals surface area contributed by atoms with Crippen LogP contribution in [0.1, 0.15) is 29.3 Å². The van der Waals surface area contributed by atoms with Crippen LogP contribution >= 0.6 is 0 Å². The van der Waals surface area contributed by atoms with Crippen LogP contribution in [-0.2, 0) is 16.4 Å². The molecule has 26 heavy (non-hydrogen) atoms. The maximum Gasteiger partial charge on any atom is 0.271 e. The van der Waals surface area contributed by atoms with Crippen molar-refractivity contribution in [1.82, 2.24) is 5.43 Å². The van der Waals surface area contributed by atoms with Crippen LogP contribution in [0.2, 0.25) is 0 Å². The molecule has 0 fully saturated rings. The Balaban J connectivity index is 1.92. The highest BCUT2D eigenvalue weighted by molar-refractivity contribution is 7.92. The fourth-order valence-electron chi connectivity index (χ4n) is 2.25. The summed E-state index contributed by atoms with van der Waals surface area (Å²) in [5, 5.41) is 4.12. The SMILES string of the molecule is C/C(CCc1ccccc1)=N/NC(=O)c1ccc(N(C)S(C)(=O)=O)cc1. The molecule has 6 nitrogen and oxygen atoms in total. The minimum absolute atomic E-state index is 0.336. The minimum Gasteiger partial charge on any atom is -0.274 e. The van der Waals surface area contributed by atoms with Gasteiger partial charge >= 0.3 is 0 Å². The Morgan fingerprint density at radius 2 is 1.69 bits per heavy atom. The first kappa shape index (κ1) is 19.7. The monoisotopic (exact) mass is 373 g/mol. The van der Waals surface area contributed by atoms with Crippen molar-refractivity contribution in [1.29, 1.82) is 0 Å². The van der Waals surface area contributed by atoms with Gasteiger partial charge in [-0.3, -0.25) is 9.10 Å². The third kappa shape index (κ3) is 5.70. The molecule has 1 N–H and O–H groups in total. The molecule has 0 aliphatic rings. The maximum atomic E-state index is 12.2. The van der Waals surface area contributed by atoms with Gasteiger partial charge in [-0.15, -0.1) is 0 Å². The molecule has 0 bridgehead atoms. The zero-order chi connectivity index (χ0) is 19.2. The second-order valence-electron chi connectivity index (χ2n) is 6.05. The van der Waals surface area contributed by atoms with E-state index in [2.05, 4.69) is 22.7 Å². The summed E-state index contributed by atoms with van der Waals surface area (Å²) >= 11 is 0. The van der Waals surface area contributed by atoms with E-state index in [9.17, 15) is 13.2 Å². The van der Waals surface area contributed by atoms with E-state index in [-0.39, 0.29) is 5.91 Å². The van der Waals surface area contributed by atoms with E-state index in [0.29, 0.717) is 11.3 Å². The summed E-state index contributed by atoms with van der Waals surface area (Å²) in [6, 6.07) is 16.4. The van der Waals surface area contributed by atoms with Gasteiger partial charge in [0, 0.05) is 18.3 Å². The molecule has 0 spiro atoms. The molecular formula is C19H23N3O3S. The van der Waals surface area contributed by atoms with Gasteiger partial charge in [0.1, 0.15) is 0 Å². The Bertz CT molecular complexity index is 876. The van der Waals surface area contributed by atoms with Crippen LogP contribution in [0.3, 0.4) is 0 Å². The summed E-state index contributed by atoms with van der Waals surface area (Å²) in [5.41, 5.74) is 5.49. The van der Waals surface area contributed by atoms with E-state index < -0.39 is 10.0 Å². The summed E-state index contributed by atoms with van der Waals surface area (Å²) in [6.45, 7) is 1.87. The van der Waals surface area contributed by atoms with Gasteiger partial charge in [-0.2, -0.15) is 5.10 Å². The number of anilines is 1. The molecule has 0 radical (unpaired) electrons. The quantitative estimate of drug-likeness (QED) is 0.599. The largest absolute Gasteiger partial charge is 0.274 e. The fourth-order valence-corrected chi connectivity index (χ4v) is 2.76. The highest BCUT2D eigenvalue weighted by atomic mass is 32.2. The number of hydrogen-bond acceptors (Lipinski definition) is 4. The normalized spacial score (nSPS) is 11.9. The third-order valence-corrected chi connectivity index (χ3v) is 5.16. The average molecular weight is 373 g/mol. The predicted octanol–water partition coefficient (Wildman–Crippen LogP) is 2.82. The Morgan fingerprint density at radius 3 is 2.27 bits per heavy atom. The summed E-state index contributed by atoms with van der Waals surface area (Å²) in [4.78, 5) is 12.2. The predicted molar refractivity (Wildman–Crippen MR) is 105 cm³/mol. The fraction of sp³-hybridized carbons (Fsp3) is 0.263. The Morgan fingerprint density at radius 1 is 1.08 bits per heavy atom. The molecule has 0 aliphatic carbocycles. The molecule has 0 saturated heterocycles.